The molecule has 1 amide bonds. The molecule has 3 rings (SSSR count). The van der Waals surface area contributed by atoms with E-state index < -0.39 is 11.9 Å². The van der Waals surface area contributed by atoms with Gasteiger partial charge in [-0.1, -0.05) is 23.7 Å². The van der Waals surface area contributed by atoms with Gasteiger partial charge in [0.1, 0.15) is 18.1 Å². The summed E-state index contributed by atoms with van der Waals surface area (Å²) in [5.74, 6) is -0.157. The molecule has 2 N–H and O–H groups in total. The van der Waals surface area contributed by atoms with Crippen molar-refractivity contribution < 1.29 is 33.3 Å². The average Bonchev–Trinajstić information content (AvgIpc) is 3.27. The van der Waals surface area contributed by atoms with Crippen molar-refractivity contribution in [1.82, 2.24) is 5.43 Å². The number of furan rings is 1. The Morgan fingerprint density at radius 1 is 1.09 bits per heavy atom. The first kappa shape index (κ1) is 22.7. The normalized spacial score (nSPS) is 10.7. The Kier molecular flexibility index (Phi) is 7.71. The largest absolute Gasteiger partial charge is 0.493 e. The summed E-state index contributed by atoms with van der Waals surface area (Å²) in [4.78, 5) is 22.7. The number of carboxylic acid groups (broad SMARTS) is 1. The molecule has 0 aliphatic heterocycles. The zero-order valence-electron chi connectivity index (χ0n) is 16.9. The standard InChI is InChI=1S/C22H19ClN2O7/c1-29-20-10-14(6-8-18(20)30-12-15-7-9-19(32-15)22(27)28)11-24-25-21(26)13-31-17-5-3-2-4-16(17)23/h2-11H,12-13H2,1H3,(H,25,26)(H,27,28). The topological polar surface area (TPSA) is 120 Å². The molecule has 0 aliphatic rings. The monoisotopic (exact) mass is 458 g/mol. The van der Waals surface area contributed by atoms with Crippen LogP contribution in [0.5, 0.6) is 17.2 Å². The van der Waals surface area contributed by atoms with Gasteiger partial charge in [-0.15, -0.1) is 0 Å². The van der Waals surface area contributed by atoms with Gasteiger partial charge in [-0.05, 0) is 48.0 Å². The number of benzene rings is 2. The van der Waals surface area contributed by atoms with Crippen LogP contribution in [0.4, 0.5) is 0 Å². The molecule has 0 unspecified atom stereocenters. The molecular weight excluding hydrogens is 440 g/mol. The molecule has 0 spiro atoms. The molecule has 1 heterocycles. The van der Waals surface area contributed by atoms with Crippen LogP contribution in [-0.4, -0.2) is 36.9 Å². The predicted molar refractivity (Wildman–Crippen MR) is 116 cm³/mol. The molecule has 1 aromatic heterocycles. The molecule has 0 bridgehead atoms. The first-order valence-corrected chi connectivity index (χ1v) is 9.66. The zero-order valence-corrected chi connectivity index (χ0v) is 17.7. The summed E-state index contributed by atoms with van der Waals surface area (Å²) >= 11 is 5.97. The number of nitrogens with one attached hydrogen (secondary N) is 1. The third kappa shape index (κ3) is 6.26. The lowest BCUT2D eigenvalue weighted by Gasteiger charge is -2.10. The number of halogens is 1. The van der Waals surface area contributed by atoms with E-state index in [2.05, 4.69) is 10.5 Å². The van der Waals surface area contributed by atoms with Crippen molar-refractivity contribution >= 4 is 29.7 Å². The minimum atomic E-state index is -1.15. The second-order valence-electron chi connectivity index (χ2n) is 6.28. The molecular formula is C22H19ClN2O7. The van der Waals surface area contributed by atoms with Crippen LogP contribution in [0.3, 0.4) is 0 Å². The summed E-state index contributed by atoms with van der Waals surface area (Å²) < 4.78 is 21.4. The van der Waals surface area contributed by atoms with E-state index in [1.54, 1.807) is 42.5 Å². The number of hydrogen-bond acceptors (Lipinski definition) is 7. The smallest absolute Gasteiger partial charge is 0.371 e. The summed E-state index contributed by atoms with van der Waals surface area (Å²) in [5.41, 5.74) is 3.01. The minimum Gasteiger partial charge on any atom is -0.493 e. The van der Waals surface area contributed by atoms with Crippen LogP contribution in [0, 0.1) is 0 Å². The van der Waals surface area contributed by atoms with Gasteiger partial charge < -0.3 is 23.7 Å². The summed E-state index contributed by atoms with van der Waals surface area (Å²) in [6.07, 6.45) is 1.44. The van der Waals surface area contributed by atoms with Gasteiger partial charge in [0.05, 0.1) is 18.3 Å². The van der Waals surface area contributed by atoms with E-state index in [1.165, 1.54) is 25.5 Å². The Hall–Kier alpha value is -3.98. The van der Waals surface area contributed by atoms with Crippen LogP contribution < -0.4 is 19.6 Å². The summed E-state index contributed by atoms with van der Waals surface area (Å²) in [6, 6.07) is 14.7. The number of amides is 1. The van der Waals surface area contributed by atoms with E-state index in [-0.39, 0.29) is 19.0 Å². The molecule has 0 saturated carbocycles. The molecule has 0 fully saturated rings. The van der Waals surface area contributed by atoms with Crippen molar-refractivity contribution in [3.8, 4) is 17.2 Å². The zero-order chi connectivity index (χ0) is 22.9. The summed E-state index contributed by atoms with van der Waals surface area (Å²) in [6.45, 7) is -0.216. The highest BCUT2D eigenvalue weighted by molar-refractivity contribution is 6.32. The predicted octanol–water partition coefficient (Wildman–Crippen LogP) is 3.75. The van der Waals surface area contributed by atoms with Crippen LogP contribution in [0.25, 0.3) is 0 Å². The van der Waals surface area contributed by atoms with E-state index in [1.807, 2.05) is 0 Å². The second kappa shape index (κ2) is 10.9. The number of hydrogen-bond donors (Lipinski definition) is 2. The van der Waals surface area contributed by atoms with Crippen molar-refractivity contribution in [2.24, 2.45) is 5.10 Å². The maximum absolute atomic E-state index is 11.9. The highest BCUT2D eigenvalue weighted by Gasteiger charge is 2.11. The molecule has 166 valence electrons. The van der Waals surface area contributed by atoms with Crippen LogP contribution in [0.2, 0.25) is 5.02 Å². The second-order valence-corrected chi connectivity index (χ2v) is 6.69. The van der Waals surface area contributed by atoms with Gasteiger partial charge >= 0.3 is 5.97 Å². The van der Waals surface area contributed by atoms with Gasteiger partial charge in [-0.25, -0.2) is 10.2 Å². The number of para-hydroxylation sites is 1. The maximum Gasteiger partial charge on any atom is 0.371 e. The quantitative estimate of drug-likeness (QED) is 0.350. The molecule has 9 nitrogen and oxygen atoms in total. The molecule has 32 heavy (non-hydrogen) atoms. The SMILES string of the molecule is COc1cc(C=NNC(=O)COc2ccccc2Cl)ccc1OCc1ccc(C(=O)O)o1. The van der Waals surface area contributed by atoms with Crippen molar-refractivity contribution in [2.75, 3.05) is 13.7 Å². The van der Waals surface area contributed by atoms with Gasteiger partial charge in [-0.2, -0.15) is 5.10 Å². The number of carbonyl (C=O) groups excluding carboxylic acids is 1. The third-order valence-corrected chi connectivity index (χ3v) is 4.34. The molecule has 0 aliphatic carbocycles. The lowest BCUT2D eigenvalue weighted by molar-refractivity contribution is -0.123. The Labute approximate surface area is 188 Å². The van der Waals surface area contributed by atoms with Crippen molar-refractivity contribution in [1.29, 1.82) is 0 Å². The first-order chi connectivity index (χ1) is 15.5. The average molecular weight is 459 g/mol. The Morgan fingerprint density at radius 2 is 1.91 bits per heavy atom. The van der Waals surface area contributed by atoms with E-state index >= 15 is 0 Å². The fraction of sp³-hybridized carbons (Fsp3) is 0.136. The fourth-order valence-corrected chi connectivity index (χ4v) is 2.71. The van der Waals surface area contributed by atoms with E-state index in [0.717, 1.165) is 0 Å². The van der Waals surface area contributed by atoms with Crippen LogP contribution >= 0.6 is 11.6 Å². The maximum atomic E-state index is 11.9. The molecule has 2 aromatic carbocycles. The minimum absolute atomic E-state index is 0.0264. The van der Waals surface area contributed by atoms with Crippen LogP contribution in [0.1, 0.15) is 21.9 Å². The van der Waals surface area contributed by atoms with Crippen LogP contribution in [0.15, 0.2) is 64.1 Å². The Morgan fingerprint density at radius 3 is 2.62 bits per heavy atom. The van der Waals surface area contributed by atoms with Gasteiger partial charge in [0.15, 0.2) is 18.1 Å². The highest BCUT2D eigenvalue weighted by Crippen LogP contribution is 2.28. The van der Waals surface area contributed by atoms with Crippen molar-refractivity contribution in [2.45, 2.75) is 6.61 Å². The number of ether oxygens (including phenoxy) is 3. The number of carboxylic acids is 1. The lowest BCUT2D eigenvalue weighted by Crippen LogP contribution is -2.24. The third-order valence-electron chi connectivity index (χ3n) is 4.03. The summed E-state index contributed by atoms with van der Waals surface area (Å²) in [5, 5.41) is 13.2. The van der Waals surface area contributed by atoms with Gasteiger partial charge in [0.2, 0.25) is 5.76 Å². The van der Waals surface area contributed by atoms with E-state index in [9.17, 15) is 9.59 Å². The summed E-state index contributed by atoms with van der Waals surface area (Å²) in [7, 11) is 1.48. The molecule has 0 radical (unpaired) electrons. The number of aromatic carboxylic acids is 1. The van der Waals surface area contributed by atoms with Crippen LogP contribution in [-0.2, 0) is 11.4 Å². The van der Waals surface area contributed by atoms with E-state index in [0.29, 0.717) is 33.6 Å². The number of nitrogens with zero attached hydrogens (tertiary/aromatic N) is 1. The van der Waals surface area contributed by atoms with Gasteiger partial charge in [0.25, 0.3) is 5.91 Å². The van der Waals surface area contributed by atoms with E-state index in [4.69, 9.17) is 35.3 Å². The molecule has 10 heteroatoms. The fourth-order valence-electron chi connectivity index (χ4n) is 2.52. The van der Waals surface area contributed by atoms with Crippen molar-refractivity contribution in [3.63, 3.8) is 0 Å². The number of carbonyl (C=O) groups is 2. The van der Waals surface area contributed by atoms with Gasteiger partial charge in [-0.3, -0.25) is 4.79 Å². The lowest BCUT2D eigenvalue weighted by atomic mass is 10.2. The first-order valence-electron chi connectivity index (χ1n) is 9.28. The van der Waals surface area contributed by atoms with Gasteiger partial charge in [0, 0.05) is 0 Å². The molecule has 0 atom stereocenters. The van der Waals surface area contributed by atoms with Crippen molar-refractivity contribution in [3.05, 3.63) is 76.7 Å². The Bertz CT molecular complexity index is 1130. The molecule has 3 aromatic rings. The molecule has 0 saturated heterocycles. The highest BCUT2D eigenvalue weighted by atomic mass is 35.5. The number of hydrazone groups is 1. The Balaban J connectivity index is 1.53. The number of methoxy groups -OCH3 is 1. The number of rotatable bonds is 10.